The summed E-state index contributed by atoms with van der Waals surface area (Å²) in [6, 6.07) is 9.97. The largest absolute Gasteiger partial charge is 0.289 e. The Morgan fingerprint density at radius 1 is 1.19 bits per heavy atom. The number of pyridine rings is 1. The van der Waals surface area contributed by atoms with Crippen molar-refractivity contribution >= 4 is 17.4 Å². The SMILES string of the molecule is O=C(c1ccccc1)c1ccnc(F)c1Cl. The molecule has 1 heterocycles. The first-order valence-corrected chi connectivity index (χ1v) is 4.97. The Morgan fingerprint density at radius 3 is 2.56 bits per heavy atom. The molecule has 0 radical (unpaired) electrons. The summed E-state index contributed by atoms with van der Waals surface area (Å²) in [5, 5.41) is -0.239. The zero-order valence-electron chi connectivity index (χ0n) is 8.15. The molecule has 1 aromatic heterocycles. The third kappa shape index (κ3) is 1.95. The predicted molar refractivity (Wildman–Crippen MR) is 59.1 cm³/mol. The van der Waals surface area contributed by atoms with Crippen molar-refractivity contribution < 1.29 is 9.18 Å². The van der Waals surface area contributed by atoms with E-state index in [2.05, 4.69) is 4.98 Å². The van der Waals surface area contributed by atoms with Crippen LogP contribution in [0, 0.1) is 5.95 Å². The number of ketones is 1. The van der Waals surface area contributed by atoms with Gasteiger partial charge >= 0.3 is 0 Å². The molecule has 1 aromatic carbocycles. The van der Waals surface area contributed by atoms with E-state index in [4.69, 9.17) is 11.6 Å². The summed E-state index contributed by atoms with van der Waals surface area (Å²) < 4.78 is 13.1. The molecule has 16 heavy (non-hydrogen) atoms. The first kappa shape index (κ1) is 10.8. The molecule has 4 heteroatoms. The second-order valence-electron chi connectivity index (χ2n) is 3.16. The van der Waals surface area contributed by atoms with Crippen molar-refractivity contribution in [3.63, 3.8) is 0 Å². The van der Waals surface area contributed by atoms with Gasteiger partial charge in [-0.1, -0.05) is 41.9 Å². The topological polar surface area (TPSA) is 30.0 Å². The standard InChI is InChI=1S/C12H7ClFNO/c13-10-9(6-7-15-12(10)14)11(16)8-4-2-1-3-5-8/h1-7H. The molecule has 0 aliphatic rings. The van der Waals surface area contributed by atoms with Crippen LogP contribution in [0.3, 0.4) is 0 Å². The minimum absolute atomic E-state index is 0.125. The number of hydrogen-bond donors (Lipinski definition) is 0. The maximum Gasteiger partial charge on any atom is 0.232 e. The summed E-state index contributed by atoms with van der Waals surface area (Å²) in [6.45, 7) is 0. The molecule has 0 amide bonds. The maximum absolute atomic E-state index is 13.1. The molecule has 2 nitrogen and oxygen atoms in total. The van der Waals surface area contributed by atoms with Crippen LogP contribution in [0.2, 0.25) is 5.02 Å². The molecule has 0 saturated carbocycles. The second-order valence-corrected chi connectivity index (χ2v) is 3.54. The van der Waals surface area contributed by atoms with Crippen molar-refractivity contribution in [2.45, 2.75) is 0 Å². The Morgan fingerprint density at radius 2 is 1.88 bits per heavy atom. The molecule has 0 spiro atoms. The van der Waals surface area contributed by atoms with E-state index in [-0.39, 0.29) is 16.4 Å². The van der Waals surface area contributed by atoms with Gasteiger partial charge in [-0.25, -0.2) is 4.98 Å². The van der Waals surface area contributed by atoms with E-state index in [1.54, 1.807) is 30.3 Å². The third-order valence-corrected chi connectivity index (χ3v) is 2.49. The van der Waals surface area contributed by atoms with Crippen LogP contribution in [0.15, 0.2) is 42.6 Å². The molecule has 2 aromatic rings. The quantitative estimate of drug-likeness (QED) is 0.591. The van der Waals surface area contributed by atoms with Crippen LogP contribution >= 0.6 is 11.6 Å². The van der Waals surface area contributed by atoms with E-state index in [0.717, 1.165) is 0 Å². The highest BCUT2D eigenvalue weighted by atomic mass is 35.5. The first-order chi connectivity index (χ1) is 7.70. The fraction of sp³-hybridized carbons (Fsp3) is 0. The summed E-state index contributed by atoms with van der Waals surface area (Å²) in [5.74, 6) is -1.14. The number of benzene rings is 1. The molecule has 0 bridgehead atoms. The van der Waals surface area contributed by atoms with Gasteiger partial charge in [-0.3, -0.25) is 4.79 Å². The van der Waals surface area contributed by atoms with Crippen molar-refractivity contribution in [2.24, 2.45) is 0 Å². The number of aromatic nitrogens is 1. The predicted octanol–water partition coefficient (Wildman–Crippen LogP) is 3.11. The number of hydrogen-bond acceptors (Lipinski definition) is 2. The van der Waals surface area contributed by atoms with E-state index < -0.39 is 5.95 Å². The highest BCUT2D eigenvalue weighted by Gasteiger charge is 2.15. The molecule has 0 aliphatic carbocycles. The summed E-state index contributed by atoms with van der Waals surface area (Å²) in [5.41, 5.74) is 0.593. The van der Waals surface area contributed by atoms with Gasteiger partial charge < -0.3 is 0 Å². The monoisotopic (exact) mass is 235 g/mol. The first-order valence-electron chi connectivity index (χ1n) is 4.60. The molecule has 0 fully saturated rings. The molecule has 0 N–H and O–H groups in total. The molecule has 0 atom stereocenters. The minimum Gasteiger partial charge on any atom is -0.289 e. The van der Waals surface area contributed by atoms with Crippen molar-refractivity contribution in [1.29, 1.82) is 0 Å². The number of nitrogens with zero attached hydrogens (tertiary/aromatic N) is 1. The van der Waals surface area contributed by atoms with Crippen LogP contribution in [-0.4, -0.2) is 10.8 Å². The van der Waals surface area contributed by atoms with Gasteiger partial charge in [-0.15, -0.1) is 0 Å². The van der Waals surface area contributed by atoms with Gasteiger partial charge in [0.15, 0.2) is 5.78 Å². The Kier molecular flexibility index (Phi) is 2.97. The van der Waals surface area contributed by atoms with Gasteiger partial charge in [-0.05, 0) is 6.07 Å². The van der Waals surface area contributed by atoms with Crippen molar-refractivity contribution in [1.82, 2.24) is 4.98 Å². The van der Waals surface area contributed by atoms with E-state index in [1.807, 2.05) is 0 Å². The average molecular weight is 236 g/mol. The van der Waals surface area contributed by atoms with Crippen LogP contribution in [0.1, 0.15) is 15.9 Å². The van der Waals surface area contributed by atoms with Crippen LogP contribution in [0.4, 0.5) is 4.39 Å². The molecular weight excluding hydrogens is 229 g/mol. The number of halogens is 2. The molecule has 0 saturated heterocycles. The smallest absolute Gasteiger partial charge is 0.232 e. The highest BCUT2D eigenvalue weighted by molar-refractivity contribution is 6.34. The zero-order valence-corrected chi connectivity index (χ0v) is 8.91. The summed E-state index contributed by atoms with van der Waals surface area (Å²) in [7, 11) is 0. The van der Waals surface area contributed by atoms with Gasteiger partial charge in [0.25, 0.3) is 0 Å². The fourth-order valence-corrected chi connectivity index (χ4v) is 1.54. The van der Waals surface area contributed by atoms with E-state index in [9.17, 15) is 9.18 Å². The van der Waals surface area contributed by atoms with Crippen LogP contribution < -0.4 is 0 Å². The van der Waals surface area contributed by atoms with E-state index in [1.165, 1.54) is 12.3 Å². The van der Waals surface area contributed by atoms with Crippen molar-refractivity contribution in [3.05, 3.63) is 64.7 Å². The second kappa shape index (κ2) is 4.41. The van der Waals surface area contributed by atoms with E-state index >= 15 is 0 Å². The van der Waals surface area contributed by atoms with Gasteiger partial charge in [0, 0.05) is 17.3 Å². The Balaban J connectivity index is 2.46. The van der Waals surface area contributed by atoms with Gasteiger partial charge in [0.05, 0.1) is 0 Å². The third-order valence-electron chi connectivity index (χ3n) is 2.13. The Bertz CT molecular complexity index is 528. The molecule has 2 rings (SSSR count). The van der Waals surface area contributed by atoms with Crippen LogP contribution in [-0.2, 0) is 0 Å². The Labute approximate surface area is 96.7 Å². The fourth-order valence-electron chi connectivity index (χ4n) is 1.34. The summed E-state index contributed by atoms with van der Waals surface area (Å²) in [4.78, 5) is 15.3. The van der Waals surface area contributed by atoms with E-state index in [0.29, 0.717) is 5.56 Å². The summed E-state index contributed by atoms with van der Waals surface area (Å²) in [6.07, 6.45) is 1.22. The zero-order chi connectivity index (χ0) is 11.5. The number of carbonyl (C=O) groups excluding carboxylic acids is 1. The number of carbonyl (C=O) groups is 1. The Hall–Kier alpha value is -1.74. The van der Waals surface area contributed by atoms with Crippen LogP contribution in [0.25, 0.3) is 0 Å². The van der Waals surface area contributed by atoms with Crippen LogP contribution in [0.5, 0.6) is 0 Å². The van der Waals surface area contributed by atoms with Gasteiger partial charge in [0.2, 0.25) is 5.95 Å². The summed E-state index contributed by atoms with van der Waals surface area (Å²) >= 11 is 5.68. The normalized spacial score (nSPS) is 10.1. The van der Waals surface area contributed by atoms with Crippen molar-refractivity contribution in [3.8, 4) is 0 Å². The molecular formula is C12H7ClFNO. The lowest BCUT2D eigenvalue weighted by Gasteiger charge is -2.03. The lowest BCUT2D eigenvalue weighted by atomic mass is 10.0. The highest BCUT2D eigenvalue weighted by Crippen LogP contribution is 2.20. The molecule has 0 unspecified atom stereocenters. The van der Waals surface area contributed by atoms with Gasteiger partial charge in [-0.2, -0.15) is 4.39 Å². The lowest BCUT2D eigenvalue weighted by Crippen LogP contribution is -2.03. The van der Waals surface area contributed by atoms with Crippen molar-refractivity contribution in [2.75, 3.05) is 0 Å². The molecule has 80 valence electrons. The number of rotatable bonds is 2. The average Bonchev–Trinajstić information content (AvgIpc) is 2.33. The molecule has 0 aliphatic heterocycles. The van der Waals surface area contributed by atoms with Gasteiger partial charge in [0.1, 0.15) is 5.02 Å². The maximum atomic E-state index is 13.1. The minimum atomic E-state index is -0.830. The lowest BCUT2D eigenvalue weighted by molar-refractivity contribution is 0.103.